The van der Waals surface area contributed by atoms with Gasteiger partial charge < -0.3 is 9.80 Å². The summed E-state index contributed by atoms with van der Waals surface area (Å²) < 4.78 is 1.66. The molecule has 0 aliphatic carbocycles. The highest BCUT2D eigenvalue weighted by atomic mass is 16.1. The number of nitrogens with zero attached hydrogens (tertiary/aromatic N) is 5. The van der Waals surface area contributed by atoms with Crippen molar-refractivity contribution in [3.8, 4) is 0 Å². The van der Waals surface area contributed by atoms with Crippen LogP contribution in [0.2, 0.25) is 0 Å². The Morgan fingerprint density at radius 1 is 1.15 bits per heavy atom. The number of anilines is 2. The maximum absolute atomic E-state index is 12.3. The van der Waals surface area contributed by atoms with Crippen molar-refractivity contribution in [3.05, 3.63) is 46.4 Å². The summed E-state index contributed by atoms with van der Waals surface area (Å²) in [6.07, 6.45) is 6.12. The average molecular weight is 364 g/mol. The molecule has 4 heterocycles. The van der Waals surface area contributed by atoms with E-state index in [0.29, 0.717) is 23.0 Å². The molecule has 2 aliphatic rings. The van der Waals surface area contributed by atoms with Crippen LogP contribution in [0.4, 0.5) is 11.6 Å². The zero-order valence-corrected chi connectivity index (χ0v) is 15.6. The number of aryl methyl sites for hydroxylation is 2. The highest BCUT2D eigenvalue weighted by molar-refractivity contribution is 5.74. The van der Waals surface area contributed by atoms with Gasteiger partial charge in [-0.2, -0.15) is 10.1 Å². The van der Waals surface area contributed by atoms with E-state index in [0.717, 1.165) is 32.5 Å². The summed E-state index contributed by atoms with van der Waals surface area (Å²) in [6, 6.07) is 9.35. The molecule has 2 aromatic heterocycles. The van der Waals surface area contributed by atoms with Crippen molar-refractivity contribution in [3.63, 3.8) is 0 Å². The van der Waals surface area contributed by atoms with Gasteiger partial charge in [-0.25, -0.2) is 0 Å². The van der Waals surface area contributed by atoms with Crippen LogP contribution in [0.3, 0.4) is 0 Å². The lowest BCUT2D eigenvalue weighted by Crippen LogP contribution is -2.47. The molecule has 1 aromatic carbocycles. The quantitative estimate of drug-likeness (QED) is 0.754. The molecule has 0 unspecified atom stereocenters. The molecule has 7 nitrogen and oxygen atoms in total. The van der Waals surface area contributed by atoms with Gasteiger partial charge in [0.1, 0.15) is 5.39 Å². The standard InChI is InChI=1S/C20H24N6O/c1-24-18-16(13-21-24)19(27)23-20(22-18)25-11-8-15(9-12-25)26-10-4-6-14-5-2-3-7-17(14)26/h2-3,5,7,13,15H,4,6,8-12H2,1H3,(H,22,23,27). The van der Waals surface area contributed by atoms with Crippen LogP contribution in [0.5, 0.6) is 0 Å². The van der Waals surface area contributed by atoms with E-state index in [-0.39, 0.29) is 5.56 Å². The van der Waals surface area contributed by atoms with Crippen LogP contribution in [0, 0.1) is 0 Å². The van der Waals surface area contributed by atoms with Crippen molar-refractivity contribution in [2.75, 3.05) is 29.4 Å². The molecule has 0 spiro atoms. The monoisotopic (exact) mass is 364 g/mol. The van der Waals surface area contributed by atoms with Crippen molar-refractivity contribution in [1.29, 1.82) is 0 Å². The first-order chi connectivity index (χ1) is 13.2. The largest absolute Gasteiger partial charge is 0.368 e. The fourth-order valence-corrected chi connectivity index (χ4v) is 4.50. The number of nitrogens with one attached hydrogen (secondary N) is 1. The van der Waals surface area contributed by atoms with E-state index in [1.54, 1.807) is 10.9 Å². The molecule has 3 aromatic rings. The number of hydrogen-bond acceptors (Lipinski definition) is 5. The van der Waals surface area contributed by atoms with Gasteiger partial charge in [-0.15, -0.1) is 0 Å². The molecule has 0 bridgehead atoms. The minimum atomic E-state index is -0.116. The third-order valence-corrected chi connectivity index (χ3v) is 5.94. The molecule has 0 amide bonds. The molecule has 0 saturated carbocycles. The summed E-state index contributed by atoms with van der Waals surface area (Å²) in [5.41, 5.74) is 3.40. The Morgan fingerprint density at radius 3 is 2.81 bits per heavy atom. The van der Waals surface area contributed by atoms with Gasteiger partial charge in [0.15, 0.2) is 5.65 Å². The summed E-state index contributed by atoms with van der Waals surface area (Å²) in [4.78, 5) is 24.7. The molecule has 7 heteroatoms. The fourth-order valence-electron chi connectivity index (χ4n) is 4.50. The molecule has 0 radical (unpaired) electrons. The SMILES string of the molecule is Cn1ncc2c(=O)[nH]c(N3CCC(N4CCCc5ccccc54)CC3)nc21. The van der Waals surface area contributed by atoms with Crippen molar-refractivity contribution in [2.24, 2.45) is 7.05 Å². The second kappa shape index (κ2) is 6.40. The van der Waals surface area contributed by atoms with E-state index in [1.165, 1.54) is 24.1 Å². The molecular formula is C20H24N6O. The third kappa shape index (κ3) is 2.78. The average Bonchev–Trinajstić information content (AvgIpc) is 3.09. The first-order valence-corrected chi connectivity index (χ1v) is 9.72. The Morgan fingerprint density at radius 2 is 1.96 bits per heavy atom. The van der Waals surface area contributed by atoms with Crippen molar-refractivity contribution >= 4 is 22.7 Å². The van der Waals surface area contributed by atoms with Gasteiger partial charge in [0, 0.05) is 38.4 Å². The van der Waals surface area contributed by atoms with Crippen LogP contribution in [-0.4, -0.2) is 45.4 Å². The number of para-hydroxylation sites is 1. The van der Waals surface area contributed by atoms with Crippen LogP contribution in [-0.2, 0) is 13.5 Å². The number of fused-ring (bicyclic) bond motifs is 2. The predicted molar refractivity (Wildman–Crippen MR) is 106 cm³/mol. The topological polar surface area (TPSA) is 70.1 Å². The highest BCUT2D eigenvalue weighted by Gasteiger charge is 2.28. The first kappa shape index (κ1) is 16.4. The molecule has 27 heavy (non-hydrogen) atoms. The third-order valence-electron chi connectivity index (χ3n) is 5.94. The number of rotatable bonds is 2. The molecule has 5 rings (SSSR count). The molecule has 0 atom stereocenters. The minimum Gasteiger partial charge on any atom is -0.368 e. The van der Waals surface area contributed by atoms with Crippen LogP contribution < -0.4 is 15.4 Å². The van der Waals surface area contributed by atoms with Crippen LogP contribution in [0.25, 0.3) is 11.0 Å². The summed E-state index contributed by atoms with van der Waals surface area (Å²) in [6.45, 7) is 2.93. The second-order valence-electron chi connectivity index (χ2n) is 7.54. The van der Waals surface area contributed by atoms with Gasteiger partial charge >= 0.3 is 0 Å². The summed E-state index contributed by atoms with van der Waals surface area (Å²) >= 11 is 0. The summed E-state index contributed by atoms with van der Waals surface area (Å²) in [5, 5.41) is 4.69. The van der Waals surface area contributed by atoms with E-state index >= 15 is 0 Å². The molecule has 1 saturated heterocycles. The second-order valence-corrected chi connectivity index (χ2v) is 7.54. The Kier molecular flexibility index (Phi) is 3.88. The normalized spacial score (nSPS) is 18.1. The van der Waals surface area contributed by atoms with E-state index in [4.69, 9.17) is 0 Å². The molecule has 1 fully saturated rings. The van der Waals surface area contributed by atoms with Crippen LogP contribution in [0.15, 0.2) is 35.3 Å². The maximum Gasteiger partial charge on any atom is 0.263 e. The van der Waals surface area contributed by atoms with E-state index in [2.05, 4.69) is 49.1 Å². The van der Waals surface area contributed by atoms with Crippen molar-refractivity contribution in [1.82, 2.24) is 19.7 Å². The zero-order chi connectivity index (χ0) is 18.4. The van der Waals surface area contributed by atoms with E-state index in [9.17, 15) is 4.79 Å². The molecule has 140 valence electrons. The lowest BCUT2D eigenvalue weighted by atomic mass is 9.96. The van der Waals surface area contributed by atoms with E-state index in [1.807, 2.05) is 7.05 Å². The van der Waals surface area contributed by atoms with Gasteiger partial charge in [-0.05, 0) is 37.3 Å². The number of aromatic nitrogens is 4. The Hall–Kier alpha value is -2.83. The van der Waals surface area contributed by atoms with Crippen LogP contribution in [0.1, 0.15) is 24.8 Å². The molecular weight excluding hydrogens is 340 g/mol. The summed E-state index contributed by atoms with van der Waals surface area (Å²) in [5.74, 6) is 0.661. The first-order valence-electron chi connectivity index (χ1n) is 9.72. The fraction of sp³-hybridized carbons (Fsp3) is 0.450. The van der Waals surface area contributed by atoms with Gasteiger partial charge in [0.2, 0.25) is 5.95 Å². The predicted octanol–water partition coefficient (Wildman–Crippen LogP) is 2.08. The van der Waals surface area contributed by atoms with Gasteiger partial charge in [0.05, 0.1) is 6.20 Å². The number of aromatic amines is 1. The number of piperidine rings is 1. The lowest BCUT2D eigenvalue weighted by molar-refractivity contribution is 0.450. The number of H-pyrrole nitrogens is 1. The minimum absolute atomic E-state index is 0.116. The van der Waals surface area contributed by atoms with Crippen molar-refractivity contribution < 1.29 is 0 Å². The van der Waals surface area contributed by atoms with Gasteiger partial charge in [-0.3, -0.25) is 14.5 Å². The highest BCUT2D eigenvalue weighted by Crippen LogP contribution is 2.32. The number of benzene rings is 1. The smallest absolute Gasteiger partial charge is 0.263 e. The maximum atomic E-state index is 12.3. The van der Waals surface area contributed by atoms with Crippen LogP contribution >= 0.6 is 0 Å². The number of hydrogen-bond donors (Lipinski definition) is 1. The molecule has 1 N–H and O–H groups in total. The Bertz CT molecular complexity index is 1030. The molecule has 2 aliphatic heterocycles. The van der Waals surface area contributed by atoms with Crippen molar-refractivity contribution in [2.45, 2.75) is 31.7 Å². The van der Waals surface area contributed by atoms with Gasteiger partial charge in [0.25, 0.3) is 5.56 Å². The zero-order valence-electron chi connectivity index (χ0n) is 15.6. The van der Waals surface area contributed by atoms with E-state index < -0.39 is 0 Å². The Balaban J connectivity index is 1.35. The lowest BCUT2D eigenvalue weighted by Gasteiger charge is -2.42. The van der Waals surface area contributed by atoms with Gasteiger partial charge in [-0.1, -0.05) is 18.2 Å². The summed E-state index contributed by atoms with van der Waals surface area (Å²) in [7, 11) is 1.82. The Labute approximate surface area is 157 Å².